The number of benzene rings is 3. The second-order valence-corrected chi connectivity index (χ2v) is 16.9. The number of aryl methyl sites for hydroxylation is 5. The minimum Gasteiger partial charge on any atom is -0.873 e. The van der Waals surface area contributed by atoms with Gasteiger partial charge in [0.25, 0.3) is 0 Å². The Morgan fingerprint density at radius 2 is 0.767 bits per heavy atom. The van der Waals surface area contributed by atoms with Crippen LogP contribution in [0.1, 0.15) is 224 Å². The molecule has 3 aromatic carbocycles. The predicted octanol–water partition coefficient (Wildman–Crippen LogP) is 16.0. The van der Waals surface area contributed by atoms with Crippen molar-refractivity contribution in [3.8, 4) is 11.5 Å². The third-order valence-corrected chi connectivity index (χ3v) is 11.7. The van der Waals surface area contributed by atoms with Crippen LogP contribution < -0.4 is 10.2 Å². The molecular weight excluding hydrogens is 779 g/mol. The predicted molar refractivity (Wildman–Crippen MR) is 257 cm³/mol. The maximum Gasteiger partial charge on any atom is 2.00 e. The fourth-order valence-corrected chi connectivity index (χ4v) is 7.94. The third kappa shape index (κ3) is 21.3. The van der Waals surface area contributed by atoms with Gasteiger partial charge in [0.2, 0.25) is 0 Å². The number of nitrogens with zero attached hydrogens (tertiary/aromatic N) is 2. The molecular formula is C55H86N2NiO2. The van der Waals surface area contributed by atoms with Crippen molar-refractivity contribution in [1.29, 1.82) is 0 Å². The summed E-state index contributed by atoms with van der Waals surface area (Å²) in [7, 11) is 0. The molecule has 0 spiro atoms. The summed E-state index contributed by atoms with van der Waals surface area (Å²) >= 11 is 0. The molecule has 60 heavy (non-hydrogen) atoms. The molecule has 0 saturated carbocycles. The molecule has 3 aromatic rings. The van der Waals surface area contributed by atoms with E-state index in [9.17, 15) is 10.2 Å². The maximum atomic E-state index is 11.5. The summed E-state index contributed by atoms with van der Waals surface area (Å²) in [4.78, 5) is 10.9. The zero-order valence-electron chi connectivity index (χ0n) is 39.7. The first-order valence-corrected chi connectivity index (χ1v) is 24.7. The van der Waals surface area contributed by atoms with E-state index >= 15 is 0 Å². The van der Waals surface area contributed by atoms with Gasteiger partial charge in [-0.15, -0.1) is 11.5 Å². The van der Waals surface area contributed by atoms with Crippen LogP contribution in [-0.4, -0.2) is 11.4 Å². The van der Waals surface area contributed by atoms with Crippen molar-refractivity contribution in [2.45, 2.75) is 229 Å². The first kappa shape index (κ1) is 55.1. The summed E-state index contributed by atoms with van der Waals surface area (Å²) in [6, 6.07) is 17.4. The number of aliphatic imine (C=N–C) groups is 2. The molecule has 338 valence electrons. The summed E-state index contributed by atoms with van der Waals surface area (Å²) in [6.45, 7) is 17.8. The molecule has 0 radical (unpaired) electrons. The summed E-state index contributed by atoms with van der Waals surface area (Å²) < 4.78 is 0. The SMILES string of the molecule is CCCCCC(=Nc1ccc(CCCCC)c(CCCCC)c1)C(CCCC)=Nc1ccc(CCCCC)c(CCCCC)c1.CCCCc1ccc([O-])c([O-])c1CC.[Ni+2]. The van der Waals surface area contributed by atoms with Gasteiger partial charge in [0, 0.05) is 0 Å². The van der Waals surface area contributed by atoms with E-state index in [2.05, 4.69) is 84.9 Å². The Labute approximate surface area is 379 Å². The topological polar surface area (TPSA) is 70.8 Å². The van der Waals surface area contributed by atoms with Crippen LogP contribution in [-0.2, 0) is 55.0 Å². The number of hydrogen-bond acceptors (Lipinski definition) is 4. The van der Waals surface area contributed by atoms with Crippen molar-refractivity contribution in [2.24, 2.45) is 9.98 Å². The summed E-state index contributed by atoms with van der Waals surface area (Å²) in [5.74, 6) is -0.678. The van der Waals surface area contributed by atoms with Crippen molar-refractivity contribution >= 4 is 22.8 Å². The average Bonchev–Trinajstić information content (AvgIpc) is 3.24. The van der Waals surface area contributed by atoms with Gasteiger partial charge in [-0.3, -0.25) is 9.98 Å². The zero-order chi connectivity index (χ0) is 43.1. The van der Waals surface area contributed by atoms with Crippen LogP contribution >= 0.6 is 0 Å². The summed E-state index contributed by atoms with van der Waals surface area (Å²) in [5.41, 5.74) is 12.6. The van der Waals surface area contributed by atoms with Crippen molar-refractivity contribution < 1.29 is 26.7 Å². The summed E-state index contributed by atoms with van der Waals surface area (Å²) in [5, 5.41) is 22.6. The Balaban J connectivity index is 0.00000101. The fourth-order valence-electron chi connectivity index (χ4n) is 7.94. The van der Waals surface area contributed by atoms with Crippen molar-refractivity contribution in [3.63, 3.8) is 0 Å². The van der Waals surface area contributed by atoms with Crippen molar-refractivity contribution in [3.05, 3.63) is 81.9 Å². The van der Waals surface area contributed by atoms with Gasteiger partial charge in [0.1, 0.15) is 0 Å². The molecule has 0 unspecified atom stereocenters. The Morgan fingerprint density at radius 3 is 1.18 bits per heavy atom. The first-order valence-electron chi connectivity index (χ1n) is 24.7. The van der Waals surface area contributed by atoms with E-state index in [1.807, 2.05) is 6.92 Å². The van der Waals surface area contributed by atoms with Gasteiger partial charge in [-0.2, -0.15) is 0 Å². The minimum atomic E-state index is -0.373. The Morgan fingerprint density at radius 1 is 0.400 bits per heavy atom. The van der Waals surface area contributed by atoms with E-state index in [0.29, 0.717) is 12.0 Å². The molecule has 0 amide bonds. The van der Waals surface area contributed by atoms with E-state index in [-0.39, 0.29) is 28.0 Å². The Hall–Kier alpha value is -2.91. The largest absolute Gasteiger partial charge is 2.00 e. The molecule has 0 saturated heterocycles. The van der Waals surface area contributed by atoms with Gasteiger partial charge in [0.05, 0.1) is 22.8 Å². The quantitative estimate of drug-likeness (QED) is 0.0380. The standard InChI is InChI=1S/C43H70N2.C12H18O2.Ni/c1-7-13-19-24-36-30-32-40(34-38(36)26-21-15-9-3)44-42(28-18-12-6)43(29-23-17-11-5)45-41-33-31-37(25-20-14-8-2)39(35-41)27-22-16-10-4;1-3-5-6-9-7-8-11(13)12(14)10(9)4-2;/h30-35H,7-29H2,1-6H3;7-8,13-14H,3-6H2,1-2H3;/q;;+2/p-2. The van der Waals surface area contributed by atoms with Crippen LogP contribution in [0.25, 0.3) is 0 Å². The molecule has 0 bridgehead atoms. The van der Waals surface area contributed by atoms with Crippen molar-refractivity contribution in [1.82, 2.24) is 0 Å². The number of hydrogen-bond donors (Lipinski definition) is 0. The third-order valence-electron chi connectivity index (χ3n) is 11.7. The molecule has 0 N–H and O–H groups in total. The molecule has 0 atom stereocenters. The second-order valence-electron chi connectivity index (χ2n) is 16.9. The Kier molecular flexibility index (Phi) is 31.8. The van der Waals surface area contributed by atoms with E-state index in [1.165, 1.54) is 157 Å². The van der Waals surface area contributed by atoms with E-state index < -0.39 is 0 Å². The van der Waals surface area contributed by atoms with Crippen LogP contribution in [0.3, 0.4) is 0 Å². The molecule has 3 rings (SSSR count). The van der Waals surface area contributed by atoms with Crippen molar-refractivity contribution in [2.75, 3.05) is 0 Å². The average molecular weight is 866 g/mol. The van der Waals surface area contributed by atoms with Gasteiger partial charge in [-0.1, -0.05) is 162 Å². The normalized spacial score (nSPS) is 11.7. The van der Waals surface area contributed by atoms with Gasteiger partial charge >= 0.3 is 16.5 Å². The second kappa shape index (κ2) is 34.7. The van der Waals surface area contributed by atoms with Gasteiger partial charge < -0.3 is 10.2 Å². The van der Waals surface area contributed by atoms with Crippen LogP contribution in [0.5, 0.6) is 11.5 Å². The monoisotopic (exact) mass is 865 g/mol. The molecule has 4 nitrogen and oxygen atoms in total. The van der Waals surface area contributed by atoms with Crippen LogP contribution in [0, 0.1) is 0 Å². The van der Waals surface area contributed by atoms with Crippen LogP contribution in [0.4, 0.5) is 11.4 Å². The van der Waals surface area contributed by atoms with Crippen LogP contribution in [0.15, 0.2) is 58.5 Å². The molecule has 0 fully saturated rings. The molecule has 0 aliphatic rings. The maximum absolute atomic E-state index is 11.5. The van der Waals surface area contributed by atoms with Crippen LogP contribution in [0.2, 0.25) is 0 Å². The molecule has 0 aromatic heterocycles. The first-order chi connectivity index (χ1) is 28.8. The zero-order valence-corrected chi connectivity index (χ0v) is 40.7. The number of rotatable bonds is 30. The Bertz CT molecular complexity index is 1630. The van der Waals surface area contributed by atoms with Gasteiger partial charge in [0.15, 0.2) is 0 Å². The number of unbranched alkanes of at least 4 members (excludes halogenated alkanes) is 12. The van der Waals surface area contributed by atoms with E-state index in [0.717, 1.165) is 55.5 Å². The smallest absolute Gasteiger partial charge is 0.873 e. The minimum absolute atomic E-state index is 0. The molecule has 0 heterocycles. The molecule has 0 aliphatic carbocycles. The fraction of sp³-hybridized carbons (Fsp3) is 0.636. The van der Waals surface area contributed by atoms with E-state index in [1.54, 1.807) is 17.2 Å². The van der Waals surface area contributed by atoms with Gasteiger partial charge in [-0.05, 0) is 148 Å². The van der Waals surface area contributed by atoms with E-state index in [4.69, 9.17) is 9.98 Å². The molecule has 5 heteroatoms. The molecule has 0 aliphatic heterocycles. The summed E-state index contributed by atoms with van der Waals surface area (Å²) in [6.07, 6.45) is 31.9. The van der Waals surface area contributed by atoms with Gasteiger partial charge in [-0.25, -0.2) is 0 Å².